The maximum absolute atomic E-state index is 12.1. The zero-order chi connectivity index (χ0) is 11.5. The van der Waals surface area contributed by atoms with Gasteiger partial charge in [0.25, 0.3) is 5.91 Å². The molecule has 1 heterocycles. The van der Waals surface area contributed by atoms with E-state index < -0.39 is 0 Å². The Morgan fingerprint density at radius 2 is 2.31 bits per heavy atom. The van der Waals surface area contributed by atoms with Crippen molar-refractivity contribution in [2.24, 2.45) is 5.92 Å². The quantitative estimate of drug-likeness (QED) is 0.796. The van der Waals surface area contributed by atoms with E-state index in [1.54, 1.807) is 6.07 Å². The summed E-state index contributed by atoms with van der Waals surface area (Å²) < 4.78 is 0.709. The van der Waals surface area contributed by atoms with Crippen molar-refractivity contribution < 1.29 is 4.79 Å². The fourth-order valence-electron chi connectivity index (χ4n) is 1.66. The zero-order valence-corrected chi connectivity index (χ0v) is 10.9. The van der Waals surface area contributed by atoms with Crippen molar-refractivity contribution in [1.82, 2.24) is 9.88 Å². The third kappa shape index (κ3) is 2.82. The molecule has 0 bridgehead atoms. The first kappa shape index (κ1) is 11.6. The van der Waals surface area contributed by atoms with E-state index in [1.807, 2.05) is 24.0 Å². The van der Waals surface area contributed by atoms with E-state index in [1.165, 1.54) is 12.8 Å². The highest BCUT2D eigenvalue weighted by Gasteiger charge is 2.26. The van der Waals surface area contributed by atoms with Crippen molar-refractivity contribution in [3.8, 4) is 0 Å². The summed E-state index contributed by atoms with van der Waals surface area (Å²) in [6.07, 6.45) is 2.52. The van der Waals surface area contributed by atoms with Crippen molar-refractivity contribution in [2.45, 2.75) is 19.8 Å². The topological polar surface area (TPSA) is 33.2 Å². The van der Waals surface area contributed by atoms with Crippen LogP contribution in [0.1, 0.15) is 30.3 Å². The Balaban J connectivity index is 2.09. The molecule has 0 saturated heterocycles. The van der Waals surface area contributed by atoms with Gasteiger partial charge in [0.15, 0.2) is 0 Å². The summed E-state index contributed by atoms with van der Waals surface area (Å²) in [5.74, 6) is 0.756. The molecule has 0 unspecified atom stereocenters. The average Bonchev–Trinajstić information content (AvgIpc) is 3.09. The number of hydrogen-bond donors (Lipinski definition) is 0. The number of halogens is 1. The number of amides is 1. The molecule has 1 aliphatic rings. The first-order valence-electron chi connectivity index (χ1n) is 5.62. The Morgan fingerprint density at radius 3 is 2.88 bits per heavy atom. The highest BCUT2D eigenvalue weighted by atomic mass is 79.9. The summed E-state index contributed by atoms with van der Waals surface area (Å²) in [5, 5.41) is 0. The van der Waals surface area contributed by atoms with Gasteiger partial charge in [-0.1, -0.05) is 6.07 Å². The van der Waals surface area contributed by atoms with Crippen molar-refractivity contribution in [1.29, 1.82) is 0 Å². The fraction of sp³-hybridized carbons (Fsp3) is 0.500. The van der Waals surface area contributed by atoms with E-state index >= 15 is 0 Å². The number of carbonyl (C=O) groups is 1. The van der Waals surface area contributed by atoms with Crippen molar-refractivity contribution in [3.63, 3.8) is 0 Å². The fourth-order valence-corrected chi connectivity index (χ4v) is 2.00. The van der Waals surface area contributed by atoms with Gasteiger partial charge in [-0.3, -0.25) is 4.79 Å². The number of hydrogen-bond acceptors (Lipinski definition) is 2. The predicted octanol–water partition coefficient (Wildman–Crippen LogP) is 2.72. The maximum Gasteiger partial charge on any atom is 0.272 e. The third-order valence-corrected chi connectivity index (χ3v) is 3.22. The van der Waals surface area contributed by atoms with Crippen LogP contribution >= 0.6 is 15.9 Å². The van der Waals surface area contributed by atoms with E-state index in [2.05, 4.69) is 20.9 Å². The van der Waals surface area contributed by atoms with Crippen LogP contribution in [0.3, 0.4) is 0 Å². The second-order valence-electron chi connectivity index (χ2n) is 4.13. The molecule has 1 aromatic rings. The Morgan fingerprint density at radius 1 is 1.56 bits per heavy atom. The van der Waals surface area contributed by atoms with Crippen LogP contribution in [-0.2, 0) is 0 Å². The number of pyridine rings is 1. The first-order chi connectivity index (χ1) is 7.70. The highest BCUT2D eigenvalue weighted by Crippen LogP contribution is 2.30. The molecule has 86 valence electrons. The van der Waals surface area contributed by atoms with Crippen molar-refractivity contribution in [2.75, 3.05) is 13.1 Å². The second-order valence-corrected chi connectivity index (χ2v) is 4.95. The Labute approximate surface area is 104 Å². The lowest BCUT2D eigenvalue weighted by atomic mass is 10.3. The summed E-state index contributed by atoms with van der Waals surface area (Å²) >= 11 is 3.28. The van der Waals surface area contributed by atoms with Gasteiger partial charge in [0, 0.05) is 13.1 Å². The Kier molecular flexibility index (Phi) is 3.59. The Hall–Kier alpha value is -0.900. The van der Waals surface area contributed by atoms with Crippen LogP contribution in [-0.4, -0.2) is 28.9 Å². The van der Waals surface area contributed by atoms with E-state index in [0.717, 1.165) is 19.0 Å². The molecule has 0 aliphatic heterocycles. The Bertz CT molecular complexity index is 390. The molecule has 0 atom stereocenters. The minimum Gasteiger partial charge on any atom is -0.337 e. The lowest BCUT2D eigenvalue weighted by Crippen LogP contribution is -2.33. The molecule has 0 N–H and O–H groups in total. The smallest absolute Gasteiger partial charge is 0.272 e. The second kappa shape index (κ2) is 4.95. The van der Waals surface area contributed by atoms with Crippen molar-refractivity contribution >= 4 is 21.8 Å². The van der Waals surface area contributed by atoms with Gasteiger partial charge in [0.1, 0.15) is 10.3 Å². The molecular formula is C12H15BrN2O. The minimum absolute atomic E-state index is 0.0377. The van der Waals surface area contributed by atoms with Crippen LogP contribution in [0.25, 0.3) is 0 Å². The van der Waals surface area contributed by atoms with E-state index in [0.29, 0.717) is 10.3 Å². The summed E-state index contributed by atoms with van der Waals surface area (Å²) in [7, 11) is 0. The summed E-state index contributed by atoms with van der Waals surface area (Å²) in [6, 6.07) is 5.44. The molecule has 1 aromatic heterocycles. The number of nitrogens with zero attached hydrogens (tertiary/aromatic N) is 2. The number of aromatic nitrogens is 1. The lowest BCUT2D eigenvalue weighted by molar-refractivity contribution is 0.0751. The molecule has 1 aliphatic carbocycles. The molecule has 0 radical (unpaired) electrons. The van der Waals surface area contributed by atoms with Crippen LogP contribution < -0.4 is 0 Å². The lowest BCUT2D eigenvalue weighted by Gasteiger charge is -2.20. The van der Waals surface area contributed by atoms with Gasteiger partial charge >= 0.3 is 0 Å². The van der Waals surface area contributed by atoms with E-state index in [-0.39, 0.29) is 5.91 Å². The summed E-state index contributed by atoms with van der Waals surface area (Å²) in [4.78, 5) is 18.2. The molecule has 4 heteroatoms. The highest BCUT2D eigenvalue weighted by molar-refractivity contribution is 9.10. The molecule has 1 amide bonds. The van der Waals surface area contributed by atoms with Gasteiger partial charge in [0.05, 0.1) is 0 Å². The van der Waals surface area contributed by atoms with Gasteiger partial charge in [-0.25, -0.2) is 4.98 Å². The molecule has 0 aromatic carbocycles. The largest absolute Gasteiger partial charge is 0.337 e. The molecule has 1 saturated carbocycles. The molecule has 16 heavy (non-hydrogen) atoms. The van der Waals surface area contributed by atoms with E-state index in [4.69, 9.17) is 0 Å². The number of carbonyl (C=O) groups excluding carboxylic acids is 1. The molecule has 3 nitrogen and oxygen atoms in total. The monoisotopic (exact) mass is 282 g/mol. The normalized spacial score (nSPS) is 14.9. The third-order valence-electron chi connectivity index (χ3n) is 2.78. The van der Waals surface area contributed by atoms with Crippen LogP contribution in [0.15, 0.2) is 22.8 Å². The molecule has 2 rings (SSSR count). The number of rotatable bonds is 4. The van der Waals surface area contributed by atoms with Crippen LogP contribution in [0.2, 0.25) is 0 Å². The first-order valence-corrected chi connectivity index (χ1v) is 6.42. The predicted molar refractivity (Wildman–Crippen MR) is 66.2 cm³/mol. The summed E-state index contributed by atoms with van der Waals surface area (Å²) in [6.45, 7) is 3.64. The van der Waals surface area contributed by atoms with Gasteiger partial charge < -0.3 is 4.90 Å². The molecule has 1 fully saturated rings. The van der Waals surface area contributed by atoms with Crippen LogP contribution in [0.5, 0.6) is 0 Å². The zero-order valence-electron chi connectivity index (χ0n) is 9.32. The molecular weight excluding hydrogens is 268 g/mol. The standard InChI is InChI=1S/C12H15BrN2O/c1-2-15(8-9-6-7-9)12(16)10-4-3-5-11(13)14-10/h3-5,9H,2,6-8H2,1H3. The van der Waals surface area contributed by atoms with Gasteiger partial charge in [0.2, 0.25) is 0 Å². The average molecular weight is 283 g/mol. The van der Waals surface area contributed by atoms with Gasteiger partial charge in [-0.05, 0) is 53.7 Å². The van der Waals surface area contributed by atoms with Gasteiger partial charge in [-0.2, -0.15) is 0 Å². The summed E-state index contributed by atoms with van der Waals surface area (Å²) in [5.41, 5.74) is 0.525. The van der Waals surface area contributed by atoms with Crippen LogP contribution in [0.4, 0.5) is 0 Å². The van der Waals surface area contributed by atoms with E-state index in [9.17, 15) is 4.79 Å². The maximum atomic E-state index is 12.1. The molecule has 0 spiro atoms. The van der Waals surface area contributed by atoms with Crippen LogP contribution in [0, 0.1) is 5.92 Å². The van der Waals surface area contributed by atoms with Crippen molar-refractivity contribution in [3.05, 3.63) is 28.5 Å². The minimum atomic E-state index is 0.0377. The van der Waals surface area contributed by atoms with Gasteiger partial charge in [-0.15, -0.1) is 0 Å². The SMILES string of the molecule is CCN(CC1CC1)C(=O)c1cccc(Br)n1.